The molecule has 2 aromatic heterocycles. The van der Waals surface area contributed by atoms with E-state index < -0.39 is 5.82 Å². The third kappa shape index (κ3) is 4.59. The van der Waals surface area contributed by atoms with Gasteiger partial charge in [-0.25, -0.2) is 14.4 Å². The maximum absolute atomic E-state index is 14.5. The third-order valence-corrected chi connectivity index (χ3v) is 7.34. The molecule has 2 aromatic carbocycles. The molecule has 6 rings (SSSR count). The second-order valence-electron chi connectivity index (χ2n) is 9.78. The molecule has 0 bridgehead atoms. The maximum atomic E-state index is 14.5. The molecular weight excluding hydrogens is 507 g/mol. The van der Waals surface area contributed by atoms with Gasteiger partial charge in [0, 0.05) is 36.6 Å². The van der Waals surface area contributed by atoms with Gasteiger partial charge in [-0.1, -0.05) is 17.7 Å². The van der Waals surface area contributed by atoms with E-state index in [-0.39, 0.29) is 28.3 Å². The number of aldehydes is 1. The highest BCUT2D eigenvalue weighted by molar-refractivity contribution is 6.33. The predicted octanol–water partition coefficient (Wildman–Crippen LogP) is 5.17. The van der Waals surface area contributed by atoms with Crippen LogP contribution in [0.5, 0.6) is 0 Å². The van der Waals surface area contributed by atoms with E-state index in [0.717, 1.165) is 25.8 Å². The van der Waals surface area contributed by atoms with Gasteiger partial charge in [-0.05, 0) is 54.7 Å². The van der Waals surface area contributed by atoms with Crippen LogP contribution in [0.25, 0.3) is 22.0 Å². The third-order valence-electron chi connectivity index (χ3n) is 7.03. The molecule has 1 saturated heterocycles. The van der Waals surface area contributed by atoms with Gasteiger partial charge < -0.3 is 16.0 Å². The van der Waals surface area contributed by atoms with Crippen LogP contribution in [-0.2, 0) is 0 Å². The smallest absolute Gasteiger partial charge is 0.225 e. The van der Waals surface area contributed by atoms with Crippen LogP contribution in [0.3, 0.4) is 0 Å². The molecule has 8 nitrogen and oxygen atoms in total. The number of fused-ring (bicyclic) bond motifs is 1. The topological polar surface area (TPSA) is 114 Å². The summed E-state index contributed by atoms with van der Waals surface area (Å²) in [5.41, 5.74) is 9.33. The lowest BCUT2D eigenvalue weighted by molar-refractivity contribution is 0.0968. The number of aromatic nitrogens is 3. The van der Waals surface area contributed by atoms with Crippen LogP contribution in [0.1, 0.15) is 40.0 Å². The number of hydrogen-bond donors (Lipinski definition) is 2. The summed E-state index contributed by atoms with van der Waals surface area (Å²) in [6.07, 6.45) is 7.96. The zero-order chi connectivity index (χ0) is 26.4. The molecule has 1 aliphatic carbocycles. The highest BCUT2D eigenvalue weighted by Gasteiger charge is 2.32. The van der Waals surface area contributed by atoms with Crippen molar-refractivity contribution < 1.29 is 14.0 Å². The van der Waals surface area contributed by atoms with Crippen molar-refractivity contribution in [1.29, 1.82) is 0 Å². The van der Waals surface area contributed by atoms with Crippen LogP contribution in [0.2, 0.25) is 5.02 Å². The molecule has 4 aromatic rings. The molecular formula is C28H24ClFN6O2. The molecule has 0 spiro atoms. The van der Waals surface area contributed by atoms with Crippen molar-refractivity contribution >= 4 is 51.9 Å². The van der Waals surface area contributed by atoms with E-state index in [1.54, 1.807) is 36.8 Å². The number of rotatable bonds is 7. The highest BCUT2D eigenvalue weighted by atomic mass is 35.5. The van der Waals surface area contributed by atoms with Gasteiger partial charge in [0.15, 0.2) is 12.1 Å². The number of ketones is 1. The van der Waals surface area contributed by atoms with Gasteiger partial charge in [0.2, 0.25) is 5.95 Å². The zero-order valence-corrected chi connectivity index (χ0v) is 21.1. The number of Topliss-reactive ketones (excluding diaryl/α,β-unsaturated/α-hetero) is 1. The number of benzene rings is 2. The normalized spacial score (nSPS) is 17.1. The molecule has 1 aliphatic heterocycles. The van der Waals surface area contributed by atoms with Crippen molar-refractivity contribution in [2.45, 2.75) is 25.3 Å². The SMILES string of the molecule is NC1CCN(c2ncc(Nc3c(C(=O)C4CC4)cnc4ccc(-c5cc(F)c(C=O)c(Cl)c5)cc34)cn2)C1. The Kier molecular flexibility index (Phi) is 6.25. The molecule has 1 unspecified atom stereocenters. The lowest BCUT2D eigenvalue weighted by Crippen LogP contribution is -2.27. The Hall–Kier alpha value is -3.95. The first-order chi connectivity index (χ1) is 18.4. The second kappa shape index (κ2) is 9.74. The van der Waals surface area contributed by atoms with E-state index in [0.29, 0.717) is 57.7 Å². The maximum Gasteiger partial charge on any atom is 0.225 e. The molecule has 38 heavy (non-hydrogen) atoms. The summed E-state index contributed by atoms with van der Waals surface area (Å²) in [5, 5.41) is 4.06. The largest absolute Gasteiger partial charge is 0.352 e. The van der Waals surface area contributed by atoms with E-state index in [1.165, 1.54) is 6.07 Å². The summed E-state index contributed by atoms with van der Waals surface area (Å²) in [6.45, 7) is 1.52. The molecule has 10 heteroatoms. The molecule has 192 valence electrons. The van der Waals surface area contributed by atoms with Crippen LogP contribution in [0.4, 0.5) is 21.7 Å². The number of pyridine rings is 1. The fraction of sp³-hybridized carbons (Fsp3) is 0.250. The van der Waals surface area contributed by atoms with E-state index in [2.05, 4.69) is 20.3 Å². The minimum absolute atomic E-state index is 0.0141. The fourth-order valence-electron chi connectivity index (χ4n) is 4.78. The monoisotopic (exact) mass is 530 g/mol. The number of nitrogens with one attached hydrogen (secondary N) is 1. The molecule has 0 amide bonds. The van der Waals surface area contributed by atoms with E-state index in [9.17, 15) is 14.0 Å². The van der Waals surface area contributed by atoms with Crippen molar-refractivity contribution in [3.63, 3.8) is 0 Å². The van der Waals surface area contributed by atoms with Crippen LogP contribution in [0, 0.1) is 11.7 Å². The Bertz CT molecular complexity index is 1550. The number of halogens is 2. The van der Waals surface area contributed by atoms with Crippen molar-refractivity contribution in [2.75, 3.05) is 23.3 Å². The molecule has 0 radical (unpaired) electrons. The van der Waals surface area contributed by atoms with Gasteiger partial charge in [0.05, 0.1) is 45.4 Å². The minimum atomic E-state index is -0.701. The Balaban J connectivity index is 1.42. The predicted molar refractivity (Wildman–Crippen MR) is 145 cm³/mol. The van der Waals surface area contributed by atoms with E-state index >= 15 is 0 Å². The lowest BCUT2D eigenvalue weighted by atomic mass is 9.98. The average Bonchev–Trinajstić information content (AvgIpc) is 3.68. The molecule has 3 heterocycles. The van der Waals surface area contributed by atoms with Crippen molar-refractivity contribution in [3.8, 4) is 11.1 Å². The average molecular weight is 531 g/mol. The summed E-state index contributed by atoms with van der Waals surface area (Å²) < 4.78 is 14.5. The summed E-state index contributed by atoms with van der Waals surface area (Å²) in [5.74, 6) is -0.0784. The van der Waals surface area contributed by atoms with Gasteiger partial charge in [0.1, 0.15) is 5.82 Å². The van der Waals surface area contributed by atoms with Crippen LogP contribution >= 0.6 is 11.6 Å². The first-order valence-corrected chi connectivity index (χ1v) is 12.8. The summed E-state index contributed by atoms with van der Waals surface area (Å²) >= 11 is 6.15. The zero-order valence-electron chi connectivity index (χ0n) is 20.3. The van der Waals surface area contributed by atoms with Crippen LogP contribution in [0.15, 0.2) is 48.9 Å². The van der Waals surface area contributed by atoms with Gasteiger partial charge in [-0.3, -0.25) is 14.6 Å². The number of nitrogens with two attached hydrogens (primary N) is 1. The quantitative estimate of drug-likeness (QED) is 0.248. The van der Waals surface area contributed by atoms with Gasteiger partial charge in [-0.15, -0.1) is 0 Å². The highest BCUT2D eigenvalue weighted by Crippen LogP contribution is 2.39. The van der Waals surface area contributed by atoms with E-state index in [4.69, 9.17) is 17.3 Å². The van der Waals surface area contributed by atoms with Gasteiger partial charge in [0.25, 0.3) is 0 Å². The summed E-state index contributed by atoms with van der Waals surface area (Å²) in [7, 11) is 0. The van der Waals surface area contributed by atoms with Crippen molar-refractivity contribution in [1.82, 2.24) is 15.0 Å². The fourth-order valence-corrected chi connectivity index (χ4v) is 5.04. The Labute approximate surface area is 223 Å². The summed E-state index contributed by atoms with van der Waals surface area (Å²) in [6, 6.07) is 8.37. The number of nitrogens with zero attached hydrogens (tertiary/aromatic N) is 4. The van der Waals surface area contributed by atoms with Crippen LogP contribution < -0.4 is 16.0 Å². The number of carbonyl (C=O) groups excluding carboxylic acids is 2. The number of carbonyl (C=O) groups is 2. The number of hydrogen-bond acceptors (Lipinski definition) is 8. The molecule has 3 N–H and O–H groups in total. The first-order valence-electron chi connectivity index (χ1n) is 12.4. The molecule has 2 aliphatic rings. The molecule has 2 fully saturated rings. The molecule has 1 atom stereocenters. The van der Waals surface area contributed by atoms with Gasteiger partial charge >= 0.3 is 0 Å². The Morgan fingerprint density at radius 3 is 2.53 bits per heavy atom. The van der Waals surface area contributed by atoms with Gasteiger partial charge in [-0.2, -0.15) is 0 Å². The summed E-state index contributed by atoms with van der Waals surface area (Å²) in [4.78, 5) is 40.0. The molecule has 1 saturated carbocycles. The van der Waals surface area contributed by atoms with E-state index in [1.807, 2.05) is 11.0 Å². The minimum Gasteiger partial charge on any atom is -0.352 e. The Morgan fingerprint density at radius 1 is 1.08 bits per heavy atom. The first kappa shape index (κ1) is 24.4. The van der Waals surface area contributed by atoms with Crippen molar-refractivity contribution in [2.24, 2.45) is 11.7 Å². The van der Waals surface area contributed by atoms with Crippen LogP contribution in [-0.4, -0.2) is 46.2 Å². The lowest BCUT2D eigenvalue weighted by Gasteiger charge is -2.17. The van der Waals surface area contributed by atoms with Crippen molar-refractivity contribution in [3.05, 3.63) is 70.9 Å². The number of anilines is 3. The second-order valence-corrected chi connectivity index (χ2v) is 10.2. The Morgan fingerprint density at radius 2 is 1.87 bits per heavy atom. The standard InChI is InChI=1S/C28H24ClFN6O2/c29-23-8-17(9-24(30)22(23)14-37)16-3-4-25-20(7-16)26(21(12-32-25)27(38)15-1-2-15)35-19-10-33-28(34-11-19)36-6-5-18(31)13-36/h3-4,7-12,14-15,18H,1-2,5-6,13,31H2,(H,32,35).